The summed E-state index contributed by atoms with van der Waals surface area (Å²) in [5.74, 6) is 2.20. The number of halogens is 2. The number of benzene rings is 1. The first-order valence-corrected chi connectivity index (χ1v) is 8.52. The molecule has 148 valence electrons. The topological polar surface area (TPSA) is 72.5 Å². The fraction of sp³-hybridized carbons (Fsp3) is 0.368. The summed E-state index contributed by atoms with van der Waals surface area (Å²) < 4.78 is 11.2. The molecule has 2 aromatic rings. The lowest BCUT2D eigenvalue weighted by Crippen LogP contribution is -2.51. The predicted octanol–water partition coefficient (Wildman–Crippen LogP) is 3.21. The summed E-state index contributed by atoms with van der Waals surface area (Å²) in [5.41, 5.74) is 0. The van der Waals surface area contributed by atoms with Gasteiger partial charge in [-0.3, -0.25) is 4.79 Å². The number of aromatic nitrogens is 1. The highest BCUT2D eigenvalue weighted by Gasteiger charge is 2.22. The van der Waals surface area contributed by atoms with Crippen molar-refractivity contribution in [1.82, 2.24) is 15.6 Å². The zero-order valence-electron chi connectivity index (χ0n) is 15.1. The maximum atomic E-state index is 12.0. The molecule has 3 rings (SSSR count). The largest absolute Gasteiger partial charge is 0.484 e. The van der Waals surface area contributed by atoms with Crippen LogP contribution in [0, 0.1) is 5.92 Å². The summed E-state index contributed by atoms with van der Waals surface area (Å²) in [4.78, 5) is 16.1. The lowest BCUT2D eigenvalue weighted by atomic mass is 9.95. The van der Waals surface area contributed by atoms with E-state index in [2.05, 4.69) is 22.5 Å². The van der Waals surface area contributed by atoms with Gasteiger partial charge in [0.25, 0.3) is 5.91 Å². The fourth-order valence-corrected chi connectivity index (χ4v) is 2.71. The van der Waals surface area contributed by atoms with Crippen molar-refractivity contribution in [3.8, 4) is 17.4 Å². The third kappa shape index (κ3) is 7.25. The van der Waals surface area contributed by atoms with Crippen LogP contribution in [-0.4, -0.2) is 36.6 Å². The van der Waals surface area contributed by atoms with Crippen LogP contribution < -0.4 is 20.1 Å². The first-order chi connectivity index (χ1) is 12.2. The normalized spacial score (nSPS) is 18.4. The maximum absolute atomic E-state index is 12.0. The molecule has 1 amide bonds. The Balaban J connectivity index is 0.00000182. The van der Waals surface area contributed by atoms with Crippen LogP contribution in [-0.2, 0) is 4.79 Å². The second-order valence-electron chi connectivity index (χ2n) is 6.17. The average molecular weight is 414 g/mol. The number of carbonyl (C=O) groups excluding carboxylic acids is 1. The summed E-state index contributed by atoms with van der Waals surface area (Å²) in [6.45, 7) is 3.99. The molecule has 0 bridgehead atoms. The van der Waals surface area contributed by atoms with Gasteiger partial charge in [0.05, 0.1) is 0 Å². The standard InChI is InChI=1S/C19H23N3O3.2ClH/c1-14-9-11-20-12-17(14)22-18(23)13-24-15-5-7-16(8-6-15)25-19-4-2-3-10-21-19;;/h2-8,10,14,17,20H,9,11-13H2,1H3,(H,22,23);2*1H. The highest BCUT2D eigenvalue weighted by atomic mass is 35.5. The van der Waals surface area contributed by atoms with Gasteiger partial charge in [-0.2, -0.15) is 0 Å². The van der Waals surface area contributed by atoms with Crippen LogP contribution >= 0.6 is 24.8 Å². The van der Waals surface area contributed by atoms with Gasteiger partial charge < -0.3 is 20.1 Å². The second-order valence-corrected chi connectivity index (χ2v) is 6.17. The Morgan fingerprint density at radius 3 is 2.59 bits per heavy atom. The van der Waals surface area contributed by atoms with Gasteiger partial charge >= 0.3 is 0 Å². The SMILES string of the molecule is CC1CCNCC1NC(=O)COc1ccc(Oc2ccccn2)cc1.Cl.Cl. The fourth-order valence-electron chi connectivity index (χ4n) is 2.71. The van der Waals surface area contributed by atoms with Crippen LogP contribution in [0.2, 0.25) is 0 Å². The summed E-state index contributed by atoms with van der Waals surface area (Å²) >= 11 is 0. The molecule has 1 aromatic carbocycles. The summed E-state index contributed by atoms with van der Waals surface area (Å²) in [6, 6.07) is 12.8. The maximum Gasteiger partial charge on any atom is 0.258 e. The second kappa shape index (κ2) is 11.6. The number of piperidine rings is 1. The minimum Gasteiger partial charge on any atom is -0.484 e. The van der Waals surface area contributed by atoms with Crippen molar-refractivity contribution in [3.05, 3.63) is 48.7 Å². The number of carbonyl (C=O) groups is 1. The first kappa shape index (κ1) is 23.0. The van der Waals surface area contributed by atoms with E-state index >= 15 is 0 Å². The van der Waals surface area contributed by atoms with Gasteiger partial charge in [0, 0.05) is 24.8 Å². The highest BCUT2D eigenvalue weighted by Crippen LogP contribution is 2.22. The minimum absolute atomic E-state index is 0. The zero-order chi connectivity index (χ0) is 17.5. The van der Waals surface area contributed by atoms with Gasteiger partial charge in [0.1, 0.15) is 11.5 Å². The Kier molecular flexibility index (Phi) is 9.93. The number of nitrogens with one attached hydrogen (secondary N) is 2. The van der Waals surface area contributed by atoms with E-state index in [0.717, 1.165) is 19.5 Å². The van der Waals surface area contributed by atoms with Crippen LogP contribution in [0.4, 0.5) is 0 Å². The molecule has 2 atom stereocenters. The molecule has 0 aliphatic carbocycles. The lowest BCUT2D eigenvalue weighted by Gasteiger charge is -2.30. The summed E-state index contributed by atoms with van der Waals surface area (Å²) in [6.07, 6.45) is 2.75. The van der Waals surface area contributed by atoms with E-state index < -0.39 is 0 Å². The van der Waals surface area contributed by atoms with E-state index in [-0.39, 0.29) is 43.4 Å². The molecule has 1 aliphatic rings. The molecule has 0 spiro atoms. The minimum atomic E-state index is -0.102. The number of nitrogens with zero attached hydrogens (tertiary/aromatic N) is 1. The van der Waals surface area contributed by atoms with Gasteiger partial charge in [-0.15, -0.1) is 24.8 Å². The molecular weight excluding hydrogens is 389 g/mol. The number of hydrogen-bond donors (Lipinski definition) is 2. The summed E-state index contributed by atoms with van der Waals surface area (Å²) in [5, 5.41) is 6.32. The van der Waals surface area contributed by atoms with E-state index in [0.29, 0.717) is 23.3 Å². The lowest BCUT2D eigenvalue weighted by molar-refractivity contribution is -0.124. The molecule has 2 N–H and O–H groups in total. The van der Waals surface area contributed by atoms with E-state index in [9.17, 15) is 4.79 Å². The van der Waals surface area contributed by atoms with Crippen LogP contribution in [0.25, 0.3) is 0 Å². The van der Waals surface area contributed by atoms with Gasteiger partial charge in [-0.05, 0) is 49.2 Å². The number of hydrogen-bond acceptors (Lipinski definition) is 5. The number of amides is 1. The van der Waals surface area contributed by atoms with Crippen molar-refractivity contribution in [2.75, 3.05) is 19.7 Å². The van der Waals surface area contributed by atoms with Crippen molar-refractivity contribution in [3.63, 3.8) is 0 Å². The molecule has 8 heteroatoms. The van der Waals surface area contributed by atoms with Crippen LogP contribution in [0.3, 0.4) is 0 Å². The molecule has 1 fully saturated rings. The molecular formula is C19H25Cl2N3O3. The number of rotatable bonds is 6. The van der Waals surface area contributed by atoms with E-state index in [1.165, 1.54) is 0 Å². The third-order valence-corrected chi connectivity index (χ3v) is 4.23. The molecule has 0 saturated carbocycles. The van der Waals surface area contributed by atoms with Crippen LogP contribution in [0.1, 0.15) is 13.3 Å². The Morgan fingerprint density at radius 1 is 1.19 bits per heavy atom. The Morgan fingerprint density at radius 2 is 1.93 bits per heavy atom. The Bertz CT molecular complexity index is 686. The molecule has 27 heavy (non-hydrogen) atoms. The van der Waals surface area contributed by atoms with E-state index in [1.54, 1.807) is 36.5 Å². The van der Waals surface area contributed by atoms with Crippen molar-refractivity contribution >= 4 is 30.7 Å². The van der Waals surface area contributed by atoms with Crippen molar-refractivity contribution < 1.29 is 14.3 Å². The molecule has 2 heterocycles. The van der Waals surface area contributed by atoms with Crippen molar-refractivity contribution in [1.29, 1.82) is 0 Å². The van der Waals surface area contributed by atoms with Crippen LogP contribution in [0.5, 0.6) is 17.4 Å². The average Bonchev–Trinajstić information content (AvgIpc) is 2.64. The first-order valence-electron chi connectivity index (χ1n) is 8.52. The zero-order valence-corrected chi connectivity index (χ0v) is 16.7. The molecule has 1 aromatic heterocycles. The predicted molar refractivity (Wildman–Crippen MR) is 109 cm³/mol. The van der Waals surface area contributed by atoms with Crippen molar-refractivity contribution in [2.45, 2.75) is 19.4 Å². The smallest absolute Gasteiger partial charge is 0.258 e. The summed E-state index contributed by atoms with van der Waals surface area (Å²) in [7, 11) is 0. The third-order valence-electron chi connectivity index (χ3n) is 4.23. The molecule has 2 unspecified atom stereocenters. The molecule has 1 saturated heterocycles. The molecule has 6 nitrogen and oxygen atoms in total. The molecule has 1 aliphatic heterocycles. The quantitative estimate of drug-likeness (QED) is 0.760. The van der Waals surface area contributed by atoms with Gasteiger partial charge in [0.15, 0.2) is 6.61 Å². The van der Waals surface area contributed by atoms with Crippen LogP contribution in [0.15, 0.2) is 48.7 Å². The van der Waals surface area contributed by atoms with Gasteiger partial charge in [-0.1, -0.05) is 13.0 Å². The Hall–Kier alpha value is -2.02. The van der Waals surface area contributed by atoms with Gasteiger partial charge in [0.2, 0.25) is 5.88 Å². The Labute approximate surface area is 171 Å². The van der Waals surface area contributed by atoms with E-state index in [1.807, 2.05) is 12.1 Å². The van der Waals surface area contributed by atoms with Gasteiger partial charge in [-0.25, -0.2) is 4.98 Å². The number of pyridine rings is 1. The molecule has 0 radical (unpaired) electrons. The van der Waals surface area contributed by atoms with E-state index in [4.69, 9.17) is 9.47 Å². The highest BCUT2D eigenvalue weighted by molar-refractivity contribution is 5.85. The monoisotopic (exact) mass is 413 g/mol. The number of ether oxygens (including phenoxy) is 2. The van der Waals surface area contributed by atoms with Crippen molar-refractivity contribution in [2.24, 2.45) is 5.92 Å².